The van der Waals surface area contributed by atoms with Crippen LogP contribution in [-0.2, 0) is 0 Å². The Balaban J connectivity index is 2.34. The molecule has 0 fully saturated rings. The highest BCUT2D eigenvalue weighted by Gasteiger charge is 2.21. The van der Waals surface area contributed by atoms with Crippen LogP contribution < -0.4 is 14.3 Å². The summed E-state index contributed by atoms with van der Waals surface area (Å²) < 4.78 is 25.0. The lowest BCUT2D eigenvalue weighted by molar-refractivity contribution is -0.387. The molecule has 11 heteroatoms. The fourth-order valence-corrected chi connectivity index (χ4v) is 2.93. The number of aromatic nitrogens is 3. The van der Waals surface area contributed by atoms with Crippen LogP contribution in [0.25, 0.3) is 16.2 Å². The maximum Gasteiger partial charge on any atom is 0.315 e. The largest absolute Gasteiger partial charge is 0.481 e. The van der Waals surface area contributed by atoms with Gasteiger partial charge in [0, 0.05) is 12.1 Å². The lowest BCUT2D eigenvalue weighted by Gasteiger charge is -2.07. The number of nitrogens with zero attached hydrogens (tertiary/aromatic N) is 4. The third-order valence-electron chi connectivity index (χ3n) is 3.13. The zero-order chi connectivity index (χ0) is 17.4. The quantitative estimate of drug-likeness (QED) is 0.521. The number of hydrogen-bond donors (Lipinski definition) is 0. The van der Waals surface area contributed by atoms with Crippen molar-refractivity contribution in [1.82, 2.24) is 14.5 Å². The molecular formula is C13H9FN4O5S. The third-order valence-corrected chi connectivity index (χ3v) is 4.04. The van der Waals surface area contributed by atoms with Gasteiger partial charge in [-0.3, -0.25) is 14.9 Å². The summed E-state index contributed by atoms with van der Waals surface area (Å²) in [4.78, 5) is 29.9. The van der Waals surface area contributed by atoms with Gasteiger partial charge in [0.1, 0.15) is 0 Å². The number of benzene rings is 1. The van der Waals surface area contributed by atoms with Gasteiger partial charge in [-0.25, -0.2) is 4.57 Å². The monoisotopic (exact) mass is 352 g/mol. The average Bonchev–Trinajstić information content (AvgIpc) is 2.87. The van der Waals surface area contributed by atoms with E-state index in [9.17, 15) is 19.3 Å². The molecule has 0 saturated heterocycles. The Kier molecular flexibility index (Phi) is 3.85. The summed E-state index contributed by atoms with van der Waals surface area (Å²) in [5.74, 6) is -0.840. The average molecular weight is 352 g/mol. The van der Waals surface area contributed by atoms with Crippen LogP contribution >= 0.6 is 11.3 Å². The molecule has 2 heterocycles. The van der Waals surface area contributed by atoms with E-state index in [1.165, 1.54) is 20.3 Å². The number of ether oxygens (including phenoxy) is 2. The van der Waals surface area contributed by atoms with E-state index in [4.69, 9.17) is 9.47 Å². The van der Waals surface area contributed by atoms with Gasteiger partial charge >= 0.3 is 10.6 Å². The molecule has 0 unspecified atom stereocenters. The van der Waals surface area contributed by atoms with Gasteiger partial charge < -0.3 is 9.47 Å². The maximum atomic E-state index is 13.7. The normalized spacial score (nSPS) is 10.8. The summed E-state index contributed by atoms with van der Waals surface area (Å²) in [5, 5.41) is 10.9. The van der Waals surface area contributed by atoms with Crippen LogP contribution in [0.1, 0.15) is 0 Å². The van der Waals surface area contributed by atoms with Crippen molar-refractivity contribution in [3.8, 4) is 17.7 Å². The molecule has 0 bridgehead atoms. The molecule has 2 aromatic heterocycles. The van der Waals surface area contributed by atoms with E-state index in [2.05, 4.69) is 9.97 Å². The Morgan fingerprint density at radius 1 is 1.21 bits per heavy atom. The topological polar surface area (TPSA) is 109 Å². The number of nitro benzene ring substituents is 1. The van der Waals surface area contributed by atoms with Crippen molar-refractivity contribution in [2.75, 3.05) is 14.2 Å². The molecule has 0 aliphatic heterocycles. The van der Waals surface area contributed by atoms with Gasteiger partial charge in [-0.15, -0.1) is 0 Å². The molecule has 0 atom stereocenters. The molecule has 0 spiro atoms. The van der Waals surface area contributed by atoms with Crippen LogP contribution in [0.3, 0.4) is 0 Å². The van der Waals surface area contributed by atoms with Crippen LogP contribution in [0.2, 0.25) is 0 Å². The number of methoxy groups -OCH3 is 2. The van der Waals surface area contributed by atoms with Crippen molar-refractivity contribution < 1.29 is 18.8 Å². The second kappa shape index (κ2) is 5.85. The van der Waals surface area contributed by atoms with E-state index in [1.54, 1.807) is 0 Å². The third kappa shape index (κ3) is 2.54. The zero-order valence-corrected chi connectivity index (χ0v) is 13.2. The Hall–Kier alpha value is -3.08. The predicted octanol–water partition coefficient (Wildman–Crippen LogP) is 1.91. The zero-order valence-electron chi connectivity index (χ0n) is 12.3. The van der Waals surface area contributed by atoms with Gasteiger partial charge in [0.2, 0.25) is 23.5 Å². The molecule has 124 valence electrons. The molecule has 9 nitrogen and oxygen atoms in total. The van der Waals surface area contributed by atoms with E-state index in [0.29, 0.717) is 0 Å². The number of halogens is 1. The van der Waals surface area contributed by atoms with Crippen molar-refractivity contribution in [3.05, 3.63) is 43.8 Å². The Bertz CT molecular complexity index is 993. The Morgan fingerprint density at radius 2 is 1.83 bits per heavy atom. The van der Waals surface area contributed by atoms with Crippen molar-refractivity contribution in [2.24, 2.45) is 0 Å². The van der Waals surface area contributed by atoms with Gasteiger partial charge in [0.05, 0.1) is 35.4 Å². The Morgan fingerprint density at radius 3 is 2.38 bits per heavy atom. The van der Waals surface area contributed by atoms with E-state index in [1.807, 2.05) is 0 Å². The van der Waals surface area contributed by atoms with Gasteiger partial charge in [0.15, 0.2) is 0 Å². The van der Waals surface area contributed by atoms with Crippen LogP contribution in [0.15, 0.2) is 23.0 Å². The van der Waals surface area contributed by atoms with Gasteiger partial charge in [-0.05, 0) is 0 Å². The summed E-state index contributed by atoms with van der Waals surface area (Å²) in [6, 6.07) is 3.32. The van der Waals surface area contributed by atoms with Gasteiger partial charge in [0.25, 0.3) is 0 Å². The molecule has 0 amide bonds. The van der Waals surface area contributed by atoms with Crippen molar-refractivity contribution >= 4 is 27.2 Å². The van der Waals surface area contributed by atoms with E-state index in [0.717, 1.165) is 28.0 Å². The highest BCUT2D eigenvalue weighted by atomic mass is 32.1. The molecule has 0 aliphatic carbocycles. The summed E-state index contributed by atoms with van der Waals surface area (Å²) in [6.07, 6.45) is 0. The fraction of sp³-hybridized carbons (Fsp3) is 0.154. The molecule has 24 heavy (non-hydrogen) atoms. The number of rotatable bonds is 4. The lowest BCUT2D eigenvalue weighted by atomic mass is 10.3. The second-order valence-corrected chi connectivity index (χ2v) is 5.48. The summed E-state index contributed by atoms with van der Waals surface area (Å²) in [6.45, 7) is 0. The molecule has 3 aromatic rings. The Labute approximate surface area is 137 Å². The highest BCUT2D eigenvalue weighted by Crippen LogP contribution is 2.28. The maximum absolute atomic E-state index is 13.7. The van der Waals surface area contributed by atoms with Crippen LogP contribution in [0.4, 0.5) is 10.1 Å². The number of thiazole rings is 1. The number of nitro groups is 1. The second-order valence-electron chi connectivity index (χ2n) is 4.48. The predicted molar refractivity (Wildman–Crippen MR) is 82.7 cm³/mol. The number of hydrogen-bond acceptors (Lipinski definition) is 8. The molecule has 0 aliphatic rings. The first-order valence-corrected chi connectivity index (χ1v) is 7.23. The minimum atomic E-state index is -1.02. The van der Waals surface area contributed by atoms with Crippen molar-refractivity contribution in [2.45, 2.75) is 0 Å². The molecule has 1 aromatic carbocycles. The van der Waals surface area contributed by atoms with Crippen LogP contribution in [0.5, 0.6) is 11.8 Å². The standard InChI is InChI=1S/C13H9FN4O5S/c1-22-10-5-11(23-2)16-12(15-10)17-8-4-7(18(20)21)6(14)3-9(8)24-13(17)19/h3-5H,1-2H3. The van der Waals surface area contributed by atoms with E-state index in [-0.39, 0.29) is 27.9 Å². The van der Waals surface area contributed by atoms with Gasteiger partial charge in [-0.1, -0.05) is 11.3 Å². The van der Waals surface area contributed by atoms with Crippen molar-refractivity contribution in [3.63, 3.8) is 0 Å². The minimum absolute atomic E-state index is 0.0941. The first-order valence-electron chi connectivity index (χ1n) is 6.41. The van der Waals surface area contributed by atoms with Crippen LogP contribution in [0, 0.1) is 15.9 Å². The summed E-state index contributed by atoms with van der Waals surface area (Å²) >= 11 is 0.718. The summed E-state index contributed by atoms with van der Waals surface area (Å²) in [5.41, 5.74) is -0.627. The SMILES string of the molecule is COc1cc(OC)nc(-n2c(=O)sc3cc(F)c([N+](=O)[O-])cc32)n1. The number of fused-ring (bicyclic) bond motifs is 1. The molecule has 0 saturated carbocycles. The van der Waals surface area contributed by atoms with E-state index < -0.39 is 21.3 Å². The lowest BCUT2D eigenvalue weighted by Crippen LogP contribution is -2.14. The molecule has 3 rings (SSSR count). The summed E-state index contributed by atoms with van der Waals surface area (Å²) in [7, 11) is 2.75. The first-order chi connectivity index (χ1) is 11.4. The molecular weight excluding hydrogens is 343 g/mol. The van der Waals surface area contributed by atoms with Crippen molar-refractivity contribution in [1.29, 1.82) is 0 Å². The van der Waals surface area contributed by atoms with Gasteiger partial charge in [-0.2, -0.15) is 14.4 Å². The first kappa shape index (κ1) is 15.8. The molecule has 0 N–H and O–H groups in total. The highest BCUT2D eigenvalue weighted by molar-refractivity contribution is 7.16. The van der Waals surface area contributed by atoms with E-state index >= 15 is 0 Å². The molecule has 0 radical (unpaired) electrons. The fourth-order valence-electron chi connectivity index (χ4n) is 2.06. The minimum Gasteiger partial charge on any atom is -0.481 e. The smallest absolute Gasteiger partial charge is 0.315 e. The van der Waals surface area contributed by atoms with Crippen LogP contribution in [-0.4, -0.2) is 33.7 Å².